The SMILES string of the molecule is O=S([O-])c1ccc(CC(F)(F)F)cc1.[Na+]. The van der Waals surface area contributed by atoms with Crippen molar-refractivity contribution in [1.29, 1.82) is 0 Å². The molecule has 0 N–H and O–H groups in total. The molecule has 15 heavy (non-hydrogen) atoms. The maximum absolute atomic E-state index is 11.9. The van der Waals surface area contributed by atoms with E-state index in [4.69, 9.17) is 0 Å². The Bertz CT molecular complexity index is 337. The van der Waals surface area contributed by atoms with Gasteiger partial charge in [-0.15, -0.1) is 0 Å². The van der Waals surface area contributed by atoms with Gasteiger partial charge in [0, 0.05) is 4.90 Å². The average Bonchev–Trinajstić information content (AvgIpc) is 2.02. The molecule has 0 saturated carbocycles. The van der Waals surface area contributed by atoms with Crippen molar-refractivity contribution in [3.8, 4) is 0 Å². The van der Waals surface area contributed by atoms with Crippen molar-refractivity contribution in [2.24, 2.45) is 0 Å². The molecule has 0 aromatic heterocycles. The van der Waals surface area contributed by atoms with E-state index in [1.165, 1.54) is 0 Å². The maximum Gasteiger partial charge on any atom is 1.00 e. The third-order valence-electron chi connectivity index (χ3n) is 1.52. The fourth-order valence-corrected chi connectivity index (χ4v) is 1.31. The Morgan fingerprint density at radius 2 is 1.67 bits per heavy atom. The molecule has 1 atom stereocenters. The van der Waals surface area contributed by atoms with Crippen LogP contribution in [0.25, 0.3) is 0 Å². The molecule has 0 fully saturated rings. The van der Waals surface area contributed by atoms with Crippen LogP contribution in [0, 0.1) is 0 Å². The van der Waals surface area contributed by atoms with Crippen molar-refractivity contribution in [2.45, 2.75) is 17.5 Å². The van der Waals surface area contributed by atoms with Gasteiger partial charge in [-0.2, -0.15) is 13.2 Å². The maximum atomic E-state index is 11.9. The summed E-state index contributed by atoms with van der Waals surface area (Å²) in [5, 5.41) is 0. The normalized spacial score (nSPS) is 13.1. The summed E-state index contributed by atoms with van der Waals surface area (Å²) in [6, 6.07) is 4.59. The predicted molar refractivity (Wildman–Crippen MR) is 43.4 cm³/mol. The minimum atomic E-state index is -4.27. The van der Waals surface area contributed by atoms with Gasteiger partial charge in [0.2, 0.25) is 0 Å². The molecular weight excluding hydrogens is 240 g/mol. The van der Waals surface area contributed by atoms with Gasteiger partial charge in [-0.05, 0) is 28.8 Å². The standard InChI is InChI=1S/C8H7F3O2S.Na/c9-8(10,11)5-6-1-3-7(4-2-6)14(12)13;/h1-4H,5H2,(H,12,13);/q;+1/p-1. The van der Waals surface area contributed by atoms with E-state index in [0.717, 1.165) is 24.3 Å². The molecule has 2 nitrogen and oxygen atoms in total. The van der Waals surface area contributed by atoms with E-state index in [9.17, 15) is 21.9 Å². The van der Waals surface area contributed by atoms with E-state index in [1.54, 1.807) is 0 Å². The summed E-state index contributed by atoms with van der Waals surface area (Å²) in [6.45, 7) is 0. The molecule has 0 spiro atoms. The van der Waals surface area contributed by atoms with E-state index >= 15 is 0 Å². The molecule has 1 aromatic carbocycles. The fourth-order valence-electron chi connectivity index (χ4n) is 0.950. The van der Waals surface area contributed by atoms with Crippen LogP contribution in [0.3, 0.4) is 0 Å². The summed E-state index contributed by atoms with van der Waals surface area (Å²) >= 11 is -2.39. The Morgan fingerprint density at radius 3 is 2.00 bits per heavy atom. The van der Waals surface area contributed by atoms with Gasteiger partial charge in [0.15, 0.2) is 0 Å². The first-order valence-corrected chi connectivity index (χ1v) is 4.71. The van der Waals surface area contributed by atoms with Crippen LogP contribution in [-0.2, 0) is 17.5 Å². The van der Waals surface area contributed by atoms with Gasteiger partial charge in [0.05, 0.1) is 6.42 Å². The topological polar surface area (TPSA) is 40.1 Å². The van der Waals surface area contributed by atoms with Crippen LogP contribution in [0.4, 0.5) is 13.2 Å². The second-order valence-corrected chi connectivity index (χ2v) is 3.61. The smallest absolute Gasteiger partial charge is 0.768 e. The minimum Gasteiger partial charge on any atom is -0.768 e. The van der Waals surface area contributed by atoms with E-state index in [0.29, 0.717) is 0 Å². The molecular formula is C8H6F3NaO2S. The molecule has 1 unspecified atom stereocenters. The number of hydrogen-bond donors (Lipinski definition) is 0. The Hall–Kier alpha value is 0.120. The third-order valence-corrected chi connectivity index (χ3v) is 2.18. The summed E-state index contributed by atoms with van der Waals surface area (Å²) in [7, 11) is 0. The Morgan fingerprint density at radius 1 is 1.20 bits per heavy atom. The molecule has 7 heteroatoms. The number of benzene rings is 1. The Labute approximate surface area is 109 Å². The van der Waals surface area contributed by atoms with E-state index < -0.39 is 23.7 Å². The summed E-state index contributed by atoms with van der Waals surface area (Å²) in [6.07, 6.45) is -5.31. The molecule has 0 amide bonds. The molecule has 1 rings (SSSR count). The summed E-state index contributed by atoms with van der Waals surface area (Å²) in [5.74, 6) is 0. The summed E-state index contributed by atoms with van der Waals surface area (Å²) in [5.41, 5.74) is 0.0479. The van der Waals surface area contributed by atoms with Crippen LogP contribution in [-0.4, -0.2) is 14.9 Å². The quantitative estimate of drug-likeness (QED) is 0.498. The number of alkyl halides is 3. The Kier molecular flexibility index (Phi) is 6.05. The van der Waals surface area contributed by atoms with E-state index in [2.05, 4.69) is 0 Å². The molecule has 0 aliphatic rings. The first-order valence-electron chi connectivity index (χ1n) is 3.63. The monoisotopic (exact) mass is 246 g/mol. The molecule has 1 aromatic rings. The van der Waals surface area contributed by atoms with Crippen molar-refractivity contribution in [3.63, 3.8) is 0 Å². The zero-order valence-corrected chi connectivity index (χ0v) is 10.7. The van der Waals surface area contributed by atoms with Crippen LogP contribution >= 0.6 is 0 Å². The molecule has 0 bridgehead atoms. The molecule has 0 heterocycles. The van der Waals surface area contributed by atoms with Gasteiger partial charge in [-0.25, -0.2) is 0 Å². The zero-order valence-electron chi connectivity index (χ0n) is 7.88. The van der Waals surface area contributed by atoms with Gasteiger partial charge in [-0.3, -0.25) is 4.21 Å². The summed E-state index contributed by atoms with van der Waals surface area (Å²) in [4.78, 5) is -0.0177. The van der Waals surface area contributed by atoms with Gasteiger partial charge < -0.3 is 4.55 Å². The van der Waals surface area contributed by atoms with Crippen LogP contribution in [0.15, 0.2) is 29.2 Å². The summed E-state index contributed by atoms with van der Waals surface area (Å²) < 4.78 is 56.4. The first kappa shape index (κ1) is 15.1. The molecule has 0 aliphatic heterocycles. The average molecular weight is 246 g/mol. The van der Waals surface area contributed by atoms with Crippen molar-refractivity contribution >= 4 is 11.1 Å². The van der Waals surface area contributed by atoms with Crippen molar-refractivity contribution < 1.29 is 51.5 Å². The number of hydrogen-bond acceptors (Lipinski definition) is 2. The third kappa shape index (κ3) is 5.67. The van der Waals surface area contributed by atoms with Gasteiger partial charge in [0.25, 0.3) is 0 Å². The van der Waals surface area contributed by atoms with Crippen LogP contribution in [0.5, 0.6) is 0 Å². The van der Waals surface area contributed by atoms with Gasteiger partial charge in [0.1, 0.15) is 0 Å². The fraction of sp³-hybridized carbons (Fsp3) is 0.250. The van der Waals surface area contributed by atoms with Crippen LogP contribution in [0.1, 0.15) is 5.56 Å². The van der Waals surface area contributed by atoms with E-state index in [1.807, 2.05) is 0 Å². The largest absolute Gasteiger partial charge is 1.00 e. The minimum absolute atomic E-state index is 0. The van der Waals surface area contributed by atoms with Gasteiger partial charge >= 0.3 is 35.7 Å². The zero-order chi connectivity index (χ0) is 10.8. The van der Waals surface area contributed by atoms with Crippen LogP contribution in [0.2, 0.25) is 0 Å². The first-order chi connectivity index (χ1) is 6.38. The van der Waals surface area contributed by atoms with E-state index in [-0.39, 0.29) is 40.0 Å². The van der Waals surface area contributed by atoms with Crippen molar-refractivity contribution in [1.82, 2.24) is 0 Å². The molecule has 0 aliphatic carbocycles. The molecule has 0 radical (unpaired) electrons. The van der Waals surface area contributed by atoms with Gasteiger partial charge in [-0.1, -0.05) is 12.1 Å². The number of halogens is 3. The second kappa shape index (κ2) is 6.00. The number of rotatable bonds is 2. The Balaban J connectivity index is 0.00000196. The molecule has 0 saturated heterocycles. The second-order valence-electron chi connectivity index (χ2n) is 2.67. The van der Waals surface area contributed by atoms with Crippen molar-refractivity contribution in [2.75, 3.05) is 0 Å². The predicted octanol–water partition coefficient (Wildman–Crippen LogP) is -0.967. The molecule has 78 valence electrons. The van der Waals surface area contributed by atoms with Crippen LogP contribution < -0.4 is 29.6 Å². The van der Waals surface area contributed by atoms with Crippen molar-refractivity contribution in [3.05, 3.63) is 29.8 Å².